The van der Waals surface area contributed by atoms with Gasteiger partial charge >= 0.3 is 6.09 Å². The second-order valence-electron chi connectivity index (χ2n) is 6.13. The minimum Gasteiger partial charge on any atom is -0.444 e. The Labute approximate surface area is 119 Å². The van der Waals surface area contributed by atoms with Gasteiger partial charge in [-0.05, 0) is 33.8 Å². The number of aliphatic hydroxyl groups is 1. The summed E-state index contributed by atoms with van der Waals surface area (Å²) >= 11 is 0. The molecule has 1 aliphatic rings. The second kappa shape index (κ2) is 5.44. The molecule has 2 heterocycles. The minimum absolute atomic E-state index is 0.107. The van der Waals surface area contributed by atoms with E-state index in [-0.39, 0.29) is 12.0 Å². The predicted molar refractivity (Wildman–Crippen MR) is 74.5 cm³/mol. The molecule has 0 bridgehead atoms. The summed E-state index contributed by atoms with van der Waals surface area (Å²) in [6.07, 6.45) is 0.771. The molecule has 1 fully saturated rings. The van der Waals surface area contributed by atoms with Crippen molar-refractivity contribution in [1.82, 2.24) is 14.7 Å². The van der Waals surface area contributed by atoms with Gasteiger partial charge in [-0.3, -0.25) is 4.68 Å². The number of aromatic nitrogens is 2. The standard InChI is InChI=1S/C14H23N3O3/c1-5-17-11(6-7-15-17)10-8-16(9-12(10)18)13(19)20-14(2,3)4/h6-7,10,12,18H,5,8-9H2,1-4H3/t10-,12+/m0/s1. The number of amides is 1. The molecule has 2 atom stereocenters. The molecule has 0 radical (unpaired) electrons. The number of carbonyl (C=O) groups excluding carboxylic acids is 1. The largest absolute Gasteiger partial charge is 0.444 e. The molecule has 0 unspecified atom stereocenters. The van der Waals surface area contributed by atoms with Gasteiger partial charge in [0.05, 0.1) is 12.6 Å². The van der Waals surface area contributed by atoms with Crippen molar-refractivity contribution in [1.29, 1.82) is 0 Å². The SMILES string of the molecule is CCn1nccc1[C@@H]1CN(C(=O)OC(C)(C)C)C[C@H]1O. The number of nitrogens with zero attached hydrogens (tertiary/aromatic N) is 3. The fourth-order valence-electron chi connectivity index (χ4n) is 2.47. The van der Waals surface area contributed by atoms with E-state index in [2.05, 4.69) is 5.10 Å². The molecular formula is C14H23N3O3. The van der Waals surface area contributed by atoms with Gasteiger partial charge in [0.1, 0.15) is 5.60 Å². The van der Waals surface area contributed by atoms with Gasteiger partial charge in [0.25, 0.3) is 0 Å². The summed E-state index contributed by atoms with van der Waals surface area (Å²) in [5, 5.41) is 14.4. The topological polar surface area (TPSA) is 67.6 Å². The molecule has 0 spiro atoms. The number of likely N-dealkylation sites (tertiary alicyclic amines) is 1. The molecule has 0 aromatic carbocycles. The van der Waals surface area contributed by atoms with E-state index in [1.54, 1.807) is 11.1 Å². The van der Waals surface area contributed by atoms with E-state index < -0.39 is 11.7 Å². The Kier molecular flexibility index (Phi) is 4.04. The predicted octanol–water partition coefficient (Wildman–Crippen LogP) is 1.60. The first kappa shape index (κ1) is 14.8. The second-order valence-corrected chi connectivity index (χ2v) is 6.13. The van der Waals surface area contributed by atoms with Gasteiger partial charge in [-0.15, -0.1) is 0 Å². The normalized spacial score (nSPS) is 23.1. The molecule has 0 aliphatic carbocycles. The maximum absolute atomic E-state index is 12.0. The first-order valence-corrected chi connectivity index (χ1v) is 6.99. The zero-order chi connectivity index (χ0) is 14.9. The summed E-state index contributed by atoms with van der Waals surface area (Å²) in [7, 11) is 0. The van der Waals surface area contributed by atoms with Gasteiger partial charge in [-0.25, -0.2) is 4.79 Å². The van der Waals surface area contributed by atoms with Crippen LogP contribution in [0.15, 0.2) is 12.3 Å². The van der Waals surface area contributed by atoms with Crippen LogP contribution in [0.4, 0.5) is 4.79 Å². The van der Waals surface area contributed by atoms with Crippen LogP contribution in [0.25, 0.3) is 0 Å². The van der Waals surface area contributed by atoms with Crippen molar-refractivity contribution in [2.45, 2.75) is 51.9 Å². The highest BCUT2D eigenvalue weighted by Gasteiger charge is 2.38. The quantitative estimate of drug-likeness (QED) is 0.894. The van der Waals surface area contributed by atoms with E-state index in [0.717, 1.165) is 12.2 Å². The molecule has 6 heteroatoms. The molecule has 1 amide bonds. The molecule has 6 nitrogen and oxygen atoms in total. The lowest BCUT2D eigenvalue weighted by Crippen LogP contribution is -2.35. The summed E-state index contributed by atoms with van der Waals surface area (Å²) in [5.74, 6) is -0.107. The van der Waals surface area contributed by atoms with Crippen molar-refractivity contribution in [3.63, 3.8) is 0 Å². The van der Waals surface area contributed by atoms with Crippen LogP contribution < -0.4 is 0 Å². The highest BCUT2D eigenvalue weighted by molar-refractivity contribution is 5.68. The van der Waals surface area contributed by atoms with Crippen LogP contribution >= 0.6 is 0 Å². The fraction of sp³-hybridized carbons (Fsp3) is 0.714. The maximum atomic E-state index is 12.0. The van der Waals surface area contributed by atoms with Crippen LogP contribution in [0.2, 0.25) is 0 Å². The van der Waals surface area contributed by atoms with Crippen molar-refractivity contribution in [3.8, 4) is 0 Å². The first-order valence-electron chi connectivity index (χ1n) is 6.99. The van der Waals surface area contributed by atoms with Crippen molar-refractivity contribution in [2.24, 2.45) is 0 Å². The summed E-state index contributed by atoms with van der Waals surface area (Å²) < 4.78 is 7.20. The van der Waals surface area contributed by atoms with Crippen LogP contribution in [0, 0.1) is 0 Å². The number of ether oxygens (including phenoxy) is 1. The lowest BCUT2D eigenvalue weighted by Gasteiger charge is -2.24. The van der Waals surface area contributed by atoms with E-state index in [0.29, 0.717) is 13.1 Å². The number of aryl methyl sites for hydroxylation is 1. The fourth-order valence-corrected chi connectivity index (χ4v) is 2.47. The van der Waals surface area contributed by atoms with Gasteiger partial charge in [-0.2, -0.15) is 5.10 Å². The molecule has 0 saturated carbocycles. The number of carbonyl (C=O) groups is 1. The number of hydrogen-bond acceptors (Lipinski definition) is 4. The number of hydrogen-bond donors (Lipinski definition) is 1. The third-order valence-corrected chi connectivity index (χ3v) is 3.37. The zero-order valence-electron chi connectivity index (χ0n) is 12.5. The van der Waals surface area contributed by atoms with Crippen LogP contribution in [-0.2, 0) is 11.3 Å². The van der Waals surface area contributed by atoms with Crippen molar-refractivity contribution in [2.75, 3.05) is 13.1 Å². The number of β-amino-alcohol motifs (C(OH)–C–C–N with tert-alkyl or cyclic N) is 1. The van der Waals surface area contributed by atoms with Gasteiger partial charge in [0, 0.05) is 30.9 Å². The maximum Gasteiger partial charge on any atom is 0.410 e. The molecule has 20 heavy (non-hydrogen) atoms. The van der Waals surface area contributed by atoms with Gasteiger partial charge in [-0.1, -0.05) is 0 Å². The van der Waals surface area contributed by atoms with E-state index in [4.69, 9.17) is 4.74 Å². The van der Waals surface area contributed by atoms with Gasteiger partial charge < -0.3 is 14.7 Å². The Hall–Kier alpha value is -1.56. The number of rotatable bonds is 2. The third-order valence-electron chi connectivity index (χ3n) is 3.37. The van der Waals surface area contributed by atoms with Crippen molar-refractivity contribution < 1.29 is 14.6 Å². The molecule has 1 N–H and O–H groups in total. The highest BCUT2D eigenvalue weighted by Crippen LogP contribution is 2.28. The lowest BCUT2D eigenvalue weighted by atomic mass is 10.0. The minimum atomic E-state index is -0.579. The van der Waals surface area contributed by atoms with E-state index in [1.165, 1.54) is 0 Å². The number of aliphatic hydroxyl groups excluding tert-OH is 1. The third kappa shape index (κ3) is 3.12. The summed E-state index contributed by atoms with van der Waals surface area (Å²) in [5.41, 5.74) is 0.441. The summed E-state index contributed by atoms with van der Waals surface area (Å²) in [4.78, 5) is 13.6. The van der Waals surface area contributed by atoms with E-state index >= 15 is 0 Å². The van der Waals surface area contributed by atoms with Gasteiger partial charge in [0.2, 0.25) is 0 Å². The molecule has 1 aromatic rings. The zero-order valence-corrected chi connectivity index (χ0v) is 12.5. The van der Waals surface area contributed by atoms with Crippen LogP contribution in [0.5, 0.6) is 0 Å². The van der Waals surface area contributed by atoms with Crippen molar-refractivity contribution >= 4 is 6.09 Å². The smallest absolute Gasteiger partial charge is 0.410 e. The van der Waals surface area contributed by atoms with E-state index in [9.17, 15) is 9.90 Å². The van der Waals surface area contributed by atoms with Crippen LogP contribution in [0.3, 0.4) is 0 Å². The van der Waals surface area contributed by atoms with E-state index in [1.807, 2.05) is 38.4 Å². The molecule has 1 aliphatic heterocycles. The molecule has 2 rings (SSSR count). The van der Waals surface area contributed by atoms with Crippen LogP contribution in [0.1, 0.15) is 39.3 Å². The monoisotopic (exact) mass is 281 g/mol. The Morgan fingerprint density at radius 3 is 2.80 bits per heavy atom. The van der Waals surface area contributed by atoms with Gasteiger partial charge in [0.15, 0.2) is 0 Å². The molecular weight excluding hydrogens is 258 g/mol. The summed E-state index contributed by atoms with van der Waals surface area (Å²) in [6, 6.07) is 1.90. The Balaban J connectivity index is 2.08. The first-order chi connectivity index (χ1) is 9.31. The molecule has 112 valence electrons. The molecule has 1 saturated heterocycles. The lowest BCUT2D eigenvalue weighted by molar-refractivity contribution is 0.0270. The Morgan fingerprint density at radius 1 is 1.50 bits per heavy atom. The average molecular weight is 281 g/mol. The van der Waals surface area contributed by atoms with Crippen LogP contribution in [-0.4, -0.2) is 50.7 Å². The molecule has 1 aromatic heterocycles. The summed E-state index contributed by atoms with van der Waals surface area (Å²) in [6.45, 7) is 9.01. The highest BCUT2D eigenvalue weighted by atomic mass is 16.6. The van der Waals surface area contributed by atoms with Crippen molar-refractivity contribution in [3.05, 3.63) is 18.0 Å². The average Bonchev–Trinajstić information content (AvgIpc) is 2.92. The Morgan fingerprint density at radius 2 is 2.20 bits per heavy atom. The Bertz CT molecular complexity index is 478.